The van der Waals surface area contributed by atoms with Crippen LogP contribution in [0.25, 0.3) is 10.9 Å². The van der Waals surface area contributed by atoms with Crippen LogP contribution >= 0.6 is 15.9 Å². The Morgan fingerprint density at radius 1 is 1.11 bits per heavy atom. The van der Waals surface area contributed by atoms with Crippen LogP contribution in [0.3, 0.4) is 0 Å². The number of carbonyl (C=O) groups is 1. The highest BCUT2D eigenvalue weighted by molar-refractivity contribution is 9.10. The number of hydrogen-bond donors (Lipinski definition) is 1. The number of rotatable bonds is 9. The van der Waals surface area contributed by atoms with E-state index < -0.39 is 5.97 Å². The molecule has 8 nitrogen and oxygen atoms in total. The first kappa shape index (κ1) is 25.1. The second kappa shape index (κ2) is 11.2. The minimum Gasteiger partial charge on any atom is -0.493 e. The molecule has 184 valence electrons. The predicted molar refractivity (Wildman–Crippen MR) is 141 cm³/mol. The van der Waals surface area contributed by atoms with Gasteiger partial charge in [0.15, 0.2) is 11.5 Å². The van der Waals surface area contributed by atoms with E-state index in [1.165, 1.54) is 16.8 Å². The maximum absolute atomic E-state index is 13.2. The lowest BCUT2D eigenvalue weighted by atomic mass is 10.1. The zero-order valence-corrected chi connectivity index (χ0v) is 21.4. The Labute approximate surface area is 216 Å². The van der Waals surface area contributed by atoms with Crippen LogP contribution in [0.2, 0.25) is 0 Å². The predicted octanol–water partition coefficient (Wildman–Crippen LogP) is 5.28. The summed E-state index contributed by atoms with van der Waals surface area (Å²) in [6.45, 7) is 2.27. The van der Waals surface area contributed by atoms with Gasteiger partial charge in [0.05, 0.1) is 29.8 Å². The van der Waals surface area contributed by atoms with Gasteiger partial charge in [0.1, 0.15) is 12.4 Å². The van der Waals surface area contributed by atoms with Crippen LogP contribution in [0.15, 0.2) is 75.0 Å². The minimum atomic E-state index is -0.974. The number of fused-ring (bicyclic) bond motifs is 1. The van der Waals surface area contributed by atoms with Crippen LogP contribution in [0.1, 0.15) is 40.7 Å². The monoisotopic (exact) mass is 549 g/mol. The Morgan fingerprint density at radius 3 is 2.58 bits per heavy atom. The van der Waals surface area contributed by atoms with Crippen molar-refractivity contribution in [3.05, 3.63) is 98.0 Å². The third-order valence-corrected chi connectivity index (χ3v) is 5.95. The molecule has 4 aromatic rings. The van der Waals surface area contributed by atoms with E-state index in [2.05, 4.69) is 26.0 Å². The van der Waals surface area contributed by atoms with E-state index >= 15 is 0 Å². The molecule has 0 amide bonds. The third kappa shape index (κ3) is 5.63. The molecule has 0 aliphatic rings. The summed E-state index contributed by atoms with van der Waals surface area (Å²) in [6.07, 6.45) is 3.02. The number of nitrogens with zero attached hydrogens (tertiary/aromatic N) is 3. The van der Waals surface area contributed by atoms with Gasteiger partial charge < -0.3 is 14.6 Å². The van der Waals surface area contributed by atoms with Crippen LogP contribution < -0.4 is 15.0 Å². The summed E-state index contributed by atoms with van der Waals surface area (Å²) in [5.74, 6) is 0.646. The number of methoxy groups -OCH3 is 1. The highest BCUT2D eigenvalue weighted by Gasteiger charge is 2.11. The molecule has 36 heavy (non-hydrogen) atoms. The first-order valence-corrected chi connectivity index (χ1v) is 12.1. The Morgan fingerprint density at radius 2 is 1.89 bits per heavy atom. The number of carboxylic acid groups (broad SMARTS) is 1. The van der Waals surface area contributed by atoms with Crippen LogP contribution in [0, 0.1) is 0 Å². The lowest BCUT2D eigenvalue weighted by Crippen LogP contribution is -2.22. The van der Waals surface area contributed by atoms with E-state index in [0.717, 1.165) is 16.5 Å². The summed E-state index contributed by atoms with van der Waals surface area (Å²) < 4.78 is 13.5. The zero-order chi connectivity index (χ0) is 25.7. The highest BCUT2D eigenvalue weighted by Crippen LogP contribution is 2.28. The minimum absolute atomic E-state index is 0.218. The fraction of sp³-hybridized carbons (Fsp3) is 0.185. The molecule has 0 saturated carbocycles. The number of aromatic nitrogens is 2. The van der Waals surface area contributed by atoms with E-state index in [-0.39, 0.29) is 17.7 Å². The van der Waals surface area contributed by atoms with Crippen molar-refractivity contribution in [2.75, 3.05) is 7.11 Å². The van der Waals surface area contributed by atoms with Gasteiger partial charge in [-0.2, -0.15) is 9.78 Å². The summed E-state index contributed by atoms with van der Waals surface area (Å²) in [5, 5.41) is 14.0. The smallest absolute Gasteiger partial charge is 0.335 e. The van der Waals surface area contributed by atoms with Crippen molar-refractivity contribution in [2.24, 2.45) is 5.10 Å². The quantitative estimate of drug-likeness (QED) is 0.285. The maximum atomic E-state index is 13.2. The van der Waals surface area contributed by atoms with Gasteiger partial charge in [0, 0.05) is 10.9 Å². The average Bonchev–Trinajstić information content (AvgIpc) is 2.88. The Kier molecular flexibility index (Phi) is 7.80. The maximum Gasteiger partial charge on any atom is 0.335 e. The molecule has 1 N–H and O–H groups in total. The van der Waals surface area contributed by atoms with E-state index in [1.54, 1.807) is 43.7 Å². The SMILES string of the molecule is CCCc1nc2ccc(Br)cc2c(=O)n1N=Cc1ccc(OCc2ccc(C(=O)O)cc2)c(OC)c1. The number of ether oxygens (including phenoxy) is 2. The van der Waals surface area contributed by atoms with Crippen molar-refractivity contribution in [3.8, 4) is 11.5 Å². The largest absolute Gasteiger partial charge is 0.493 e. The van der Waals surface area contributed by atoms with E-state index in [9.17, 15) is 9.59 Å². The van der Waals surface area contributed by atoms with Crippen molar-refractivity contribution < 1.29 is 19.4 Å². The molecule has 0 spiro atoms. The van der Waals surface area contributed by atoms with E-state index in [1.807, 2.05) is 25.1 Å². The molecule has 0 saturated heterocycles. The lowest BCUT2D eigenvalue weighted by molar-refractivity contribution is 0.0697. The third-order valence-electron chi connectivity index (χ3n) is 5.45. The number of carboxylic acids is 1. The normalized spacial score (nSPS) is 11.2. The number of halogens is 1. The van der Waals surface area contributed by atoms with Crippen LogP contribution in [-0.4, -0.2) is 34.1 Å². The summed E-state index contributed by atoms with van der Waals surface area (Å²) in [6, 6.07) is 17.2. The van der Waals surface area contributed by atoms with Crippen LogP contribution in [-0.2, 0) is 13.0 Å². The fourth-order valence-corrected chi connectivity index (χ4v) is 3.97. The van der Waals surface area contributed by atoms with E-state index in [0.29, 0.717) is 40.2 Å². The van der Waals surface area contributed by atoms with Gasteiger partial charge in [0.2, 0.25) is 0 Å². The molecule has 1 heterocycles. The number of aryl methyl sites for hydroxylation is 1. The topological polar surface area (TPSA) is 103 Å². The Hall–Kier alpha value is -3.98. The van der Waals surface area contributed by atoms with Crippen molar-refractivity contribution in [1.82, 2.24) is 9.66 Å². The van der Waals surface area contributed by atoms with Gasteiger partial charge >= 0.3 is 5.97 Å². The standard InChI is InChI=1S/C27H24BrN3O5/c1-3-4-25-30-22-11-10-20(28)14-21(22)26(32)31(25)29-15-18-7-12-23(24(13-18)35-2)36-16-17-5-8-19(9-6-17)27(33)34/h5-15H,3-4,16H2,1-2H3,(H,33,34). The molecule has 0 atom stereocenters. The lowest BCUT2D eigenvalue weighted by Gasteiger charge is -2.12. The number of benzene rings is 3. The van der Waals surface area contributed by atoms with Gasteiger partial charge in [-0.25, -0.2) is 9.78 Å². The van der Waals surface area contributed by atoms with Crippen LogP contribution in [0.5, 0.6) is 11.5 Å². The fourth-order valence-electron chi connectivity index (χ4n) is 3.61. The molecule has 0 aliphatic carbocycles. The molecule has 0 bridgehead atoms. The van der Waals surface area contributed by atoms with Crippen molar-refractivity contribution in [2.45, 2.75) is 26.4 Å². The molecular weight excluding hydrogens is 526 g/mol. The molecule has 9 heteroatoms. The van der Waals surface area contributed by atoms with E-state index in [4.69, 9.17) is 14.6 Å². The average molecular weight is 550 g/mol. The summed E-state index contributed by atoms with van der Waals surface area (Å²) >= 11 is 3.41. The van der Waals surface area contributed by atoms with Crippen molar-refractivity contribution in [1.29, 1.82) is 0 Å². The number of aromatic carboxylic acids is 1. The van der Waals surface area contributed by atoms with Gasteiger partial charge in [-0.05, 0) is 66.1 Å². The second-order valence-electron chi connectivity index (χ2n) is 8.00. The molecule has 0 aliphatic heterocycles. The Balaban J connectivity index is 1.58. The molecule has 0 fully saturated rings. The molecule has 0 unspecified atom stereocenters. The summed E-state index contributed by atoms with van der Waals surface area (Å²) in [7, 11) is 1.54. The van der Waals surface area contributed by atoms with Gasteiger partial charge in [-0.1, -0.05) is 35.0 Å². The summed E-state index contributed by atoms with van der Waals surface area (Å²) in [5.41, 5.74) is 2.16. The van der Waals surface area contributed by atoms with Crippen molar-refractivity contribution in [3.63, 3.8) is 0 Å². The van der Waals surface area contributed by atoms with Gasteiger partial charge in [-0.15, -0.1) is 0 Å². The van der Waals surface area contributed by atoms with Crippen molar-refractivity contribution >= 4 is 39.0 Å². The molecule has 3 aromatic carbocycles. The first-order valence-electron chi connectivity index (χ1n) is 11.3. The van der Waals surface area contributed by atoms with Gasteiger partial charge in [0.25, 0.3) is 5.56 Å². The molecule has 4 rings (SSSR count). The first-order chi connectivity index (χ1) is 17.4. The molecule has 0 radical (unpaired) electrons. The molecular formula is C27H24BrN3O5. The van der Waals surface area contributed by atoms with Crippen LogP contribution in [0.4, 0.5) is 0 Å². The highest BCUT2D eigenvalue weighted by atomic mass is 79.9. The zero-order valence-electron chi connectivity index (χ0n) is 19.8. The number of hydrogen-bond acceptors (Lipinski definition) is 6. The second-order valence-corrected chi connectivity index (χ2v) is 8.92. The van der Waals surface area contributed by atoms with Gasteiger partial charge in [-0.3, -0.25) is 4.79 Å². The summed E-state index contributed by atoms with van der Waals surface area (Å²) in [4.78, 5) is 28.8. The Bertz CT molecular complexity index is 1500. The molecule has 1 aromatic heterocycles.